The molecule has 0 atom stereocenters. The molecule has 0 unspecified atom stereocenters. The highest BCUT2D eigenvalue weighted by Gasteiger charge is 2.16. The van der Waals surface area contributed by atoms with Gasteiger partial charge in [-0.15, -0.1) is 0 Å². The maximum absolute atomic E-state index is 13.6. The standard InChI is InChI=1S/C20H16ClFN2O3S/c21-18-12-15(24-28(26,27)16-7-2-1-3-8-16)10-11-17(18)20(25)23-13-14-6-4-5-9-19(14)22/h1-12,24H,13H2,(H,23,25). The highest BCUT2D eigenvalue weighted by molar-refractivity contribution is 7.92. The van der Waals surface area contributed by atoms with Crippen LogP contribution in [0.25, 0.3) is 0 Å². The number of sulfonamides is 1. The van der Waals surface area contributed by atoms with E-state index in [9.17, 15) is 17.6 Å². The molecule has 3 rings (SSSR count). The molecule has 28 heavy (non-hydrogen) atoms. The van der Waals surface area contributed by atoms with Gasteiger partial charge in [-0.2, -0.15) is 0 Å². The van der Waals surface area contributed by atoms with Crippen molar-refractivity contribution < 1.29 is 17.6 Å². The van der Waals surface area contributed by atoms with E-state index in [1.165, 1.54) is 36.4 Å². The molecule has 0 aliphatic rings. The summed E-state index contributed by atoms with van der Waals surface area (Å²) in [5.41, 5.74) is 0.722. The second-order valence-electron chi connectivity index (χ2n) is 5.89. The summed E-state index contributed by atoms with van der Waals surface area (Å²) in [7, 11) is -3.77. The lowest BCUT2D eigenvalue weighted by molar-refractivity contribution is 0.0951. The number of rotatable bonds is 6. The number of amides is 1. The molecule has 0 saturated carbocycles. The minimum Gasteiger partial charge on any atom is -0.348 e. The molecule has 0 fully saturated rings. The number of nitrogens with one attached hydrogen (secondary N) is 2. The molecule has 3 aromatic rings. The van der Waals surface area contributed by atoms with Crippen LogP contribution in [0.3, 0.4) is 0 Å². The molecule has 0 radical (unpaired) electrons. The average Bonchev–Trinajstić information content (AvgIpc) is 2.67. The fourth-order valence-electron chi connectivity index (χ4n) is 2.49. The van der Waals surface area contributed by atoms with Crippen LogP contribution in [-0.2, 0) is 16.6 Å². The number of hydrogen-bond acceptors (Lipinski definition) is 3. The van der Waals surface area contributed by atoms with Gasteiger partial charge in [-0.25, -0.2) is 12.8 Å². The molecular weight excluding hydrogens is 403 g/mol. The third-order valence-corrected chi connectivity index (χ3v) is 5.63. The van der Waals surface area contributed by atoms with Gasteiger partial charge in [-0.1, -0.05) is 48.0 Å². The molecule has 0 bridgehead atoms. The summed E-state index contributed by atoms with van der Waals surface area (Å²) in [5.74, 6) is -0.912. The number of anilines is 1. The predicted molar refractivity (Wildman–Crippen MR) is 106 cm³/mol. The lowest BCUT2D eigenvalue weighted by Gasteiger charge is -2.11. The quantitative estimate of drug-likeness (QED) is 0.629. The molecular formula is C20H16ClFN2O3S. The van der Waals surface area contributed by atoms with Gasteiger partial charge in [0.25, 0.3) is 15.9 Å². The van der Waals surface area contributed by atoms with Crippen molar-refractivity contribution in [1.82, 2.24) is 5.32 Å². The second kappa shape index (κ2) is 8.41. The van der Waals surface area contributed by atoms with Crippen LogP contribution in [0.5, 0.6) is 0 Å². The first kappa shape index (κ1) is 19.9. The first-order chi connectivity index (χ1) is 13.4. The fraction of sp³-hybridized carbons (Fsp3) is 0.0500. The van der Waals surface area contributed by atoms with Crippen LogP contribution in [0, 0.1) is 5.82 Å². The third kappa shape index (κ3) is 4.68. The van der Waals surface area contributed by atoms with E-state index in [2.05, 4.69) is 10.0 Å². The highest BCUT2D eigenvalue weighted by atomic mass is 35.5. The third-order valence-electron chi connectivity index (χ3n) is 3.92. The first-order valence-electron chi connectivity index (χ1n) is 8.26. The highest BCUT2D eigenvalue weighted by Crippen LogP contribution is 2.23. The second-order valence-corrected chi connectivity index (χ2v) is 7.98. The maximum Gasteiger partial charge on any atom is 0.261 e. The van der Waals surface area contributed by atoms with Gasteiger partial charge in [0, 0.05) is 12.1 Å². The van der Waals surface area contributed by atoms with Crippen molar-refractivity contribution in [3.63, 3.8) is 0 Å². The summed E-state index contributed by atoms with van der Waals surface area (Å²) in [5, 5.41) is 2.66. The number of benzene rings is 3. The van der Waals surface area contributed by atoms with Crippen LogP contribution in [0.4, 0.5) is 10.1 Å². The molecule has 0 spiro atoms. The molecule has 2 N–H and O–H groups in total. The van der Waals surface area contributed by atoms with Gasteiger partial charge in [-0.3, -0.25) is 9.52 Å². The fourth-order valence-corrected chi connectivity index (χ4v) is 3.83. The summed E-state index contributed by atoms with van der Waals surface area (Å²) < 4.78 is 40.8. The van der Waals surface area contributed by atoms with Crippen molar-refractivity contribution in [2.45, 2.75) is 11.4 Å². The lowest BCUT2D eigenvalue weighted by Crippen LogP contribution is -2.23. The number of carbonyl (C=O) groups is 1. The van der Waals surface area contributed by atoms with E-state index in [1.807, 2.05) is 0 Å². The summed E-state index contributed by atoms with van der Waals surface area (Å²) >= 11 is 6.14. The molecule has 8 heteroatoms. The predicted octanol–water partition coefficient (Wildman–Crippen LogP) is 4.21. The van der Waals surface area contributed by atoms with Gasteiger partial charge in [0.05, 0.1) is 21.2 Å². The lowest BCUT2D eigenvalue weighted by atomic mass is 10.1. The zero-order chi connectivity index (χ0) is 20.1. The van der Waals surface area contributed by atoms with Crippen LogP contribution >= 0.6 is 11.6 Å². The zero-order valence-corrected chi connectivity index (χ0v) is 16.1. The Morgan fingerprint density at radius 3 is 2.32 bits per heavy atom. The minimum absolute atomic E-state index is 0.00419. The number of halogens is 2. The van der Waals surface area contributed by atoms with E-state index >= 15 is 0 Å². The van der Waals surface area contributed by atoms with E-state index in [-0.39, 0.29) is 27.7 Å². The SMILES string of the molecule is O=C(NCc1ccccc1F)c1ccc(NS(=O)(=O)c2ccccc2)cc1Cl. The topological polar surface area (TPSA) is 75.3 Å². The molecule has 0 heterocycles. The van der Waals surface area contributed by atoms with Crippen molar-refractivity contribution in [3.8, 4) is 0 Å². The summed E-state index contributed by atoms with van der Waals surface area (Å²) in [4.78, 5) is 12.4. The van der Waals surface area contributed by atoms with Crippen LogP contribution in [-0.4, -0.2) is 14.3 Å². The molecule has 0 aliphatic carbocycles. The van der Waals surface area contributed by atoms with Crippen molar-refractivity contribution in [2.24, 2.45) is 0 Å². The van der Waals surface area contributed by atoms with Crippen molar-refractivity contribution in [1.29, 1.82) is 0 Å². The van der Waals surface area contributed by atoms with E-state index in [4.69, 9.17) is 11.6 Å². The molecule has 1 amide bonds. The van der Waals surface area contributed by atoms with Crippen molar-refractivity contribution >= 4 is 33.2 Å². The largest absolute Gasteiger partial charge is 0.348 e. The smallest absolute Gasteiger partial charge is 0.261 e. The Hall–Kier alpha value is -2.90. The summed E-state index contributed by atoms with van der Waals surface area (Å²) in [6.07, 6.45) is 0. The van der Waals surface area contributed by atoms with Crippen LogP contribution in [0.1, 0.15) is 15.9 Å². The van der Waals surface area contributed by atoms with Gasteiger partial charge >= 0.3 is 0 Å². The van der Waals surface area contributed by atoms with Crippen molar-refractivity contribution in [2.75, 3.05) is 4.72 Å². The summed E-state index contributed by atoms with van der Waals surface area (Å²) in [6, 6.07) is 18.2. The average molecular weight is 419 g/mol. The Morgan fingerprint density at radius 1 is 0.964 bits per heavy atom. The Morgan fingerprint density at radius 2 is 1.64 bits per heavy atom. The van der Waals surface area contributed by atoms with E-state index in [1.54, 1.807) is 36.4 Å². The van der Waals surface area contributed by atoms with E-state index < -0.39 is 21.7 Å². The Labute approximate surface area is 167 Å². The molecule has 0 aliphatic heterocycles. The molecule has 144 valence electrons. The van der Waals surface area contributed by atoms with Gasteiger partial charge in [-0.05, 0) is 36.4 Å². The number of carbonyl (C=O) groups excluding carboxylic acids is 1. The first-order valence-corrected chi connectivity index (χ1v) is 10.1. The van der Waals surface area contributed by atoms with Gasteiger partial charge in [0.15, 0.2) is 0 Å². The van der Waals surface area contributed by atoms with E-state index in [0.29, 0.717) is 5.56 Å². The molecule has 3 aromatic carbocycles. The Kier molecular flexibility index (Phi) is 5.96. The van der Waals surface area contributed by atoms with E-state index in [0.717, 1.165) is 0 Å². The van der Waals surface area contributed by atoms with Crippen LogP contribution < -0.4 is 10.0 Å². The summed E-state index contributed by atoms with van der Waals surface area (Å²) in [6.45, 7) is 0.00419. The monoisotopic (exact) mass is 418 g/mol. The maximum atomic E-state index is 13.6. The van der Waals surface area contributed by atoms with Crippen LogP contribution in [0.15, 0.2) is 77.7 Å². The van der Waals surface area contributed by atoms with Crippen molar-refractivity contribution in [3.05, 3.63) is 94.8 Å². The Balaban J connectivity index is 1.72. The zero-order valence-electron chi connectivity index (χ0n) is 14.5. The van der Waals surface area contributed by atoms with Gasteiger partial charge in [0.1, 0.15) is 5.82 Å². The molecule has 0 saturated heterocycles. The van der Waals surface area contributed by atoms with Gasteiger partial charge in [0.2, 0.25) is 0 Å². The minimum atomic E-state index is -3.77. The Bertz CT molecular complexity index is 1110. The molecule has 5 nitrogen and oxygen atoms in total. The van der Waals surface area contributed by atoms with Gasteiger partial charge < -0.3 is 5.32 Å². The van der Waals surface area contributed by atoms with Crippen LogP contribution in [0.2, 0.25) is 5.02 Å². The molecule has 0 aromatic heterocycles. The number of hydrogen-bond donors (Lipinski definition) is 2. The normalized spacial score (nSPS) is 11.1.